The maximum atomic E-state index is 12.4. The zero-order valence-electron chi connectivity index (χ0n) is 16.1. The van der Waals surface area contributed by atoms with Gasteiger partial charge in [-0.15, -0.1) is 0 Å². The van der Waals surface area contributed by atoms with Gasteiger partial charge in [-0.2, -0.15) is 0 Å². The molecule has 8 atom stereocenters. The molecular formula is C22H32O4. The molecule has 0 bridgehead atoms. The van der Waals surface area contributed by atoms with Crippen LogP contribution in [0.3, 0.4) is 0 Å². The van der Waals surface area contributed by atoms with Crippen molar-refractivity contribution < 1.29 is 20.1 Å². The molecule has 144 valence electrons. The van der Waals surface area contributed by atoms with E-state index < -0.39 is 29.5 Å². The summed E-state index contributed by atoms with van der Waals surface area (Å²) in [5.41, 5.74) is -0.865. The van der Waals surface area contributed by atoms with E-state index in [-0.39, 0.29) is 23.2 Å². The summed E-state index contributed by atoms with van der Waals surface area (Å²) in [6.07, 6.45) is 9.86. The number of aliphatic hydroxyl groups is 3. The third-order valence-corrected chi connectivity index (χ3v) is 8.62. The largest absolute Gasteiger partial charge is 0.393 e. The van der Waals surface area contributed by atoms with Crippen LogP contribution in [0.25, 0.3) is 0 Å². The van der Waals surface area contributed by atoms with Gasteiger partial charge >= 0.3 is 0 Å². The second-order valence-electron chi connectivity index (χ2n) is 9.68. The molecule has 3 N–H and O–H groups in total. The fourth-order valence-electron chi connectivity index (χ4n) is 7.52. The van der Waals surface area contributed by atoms with E-state index in [1.807, 2.05) is 6.92 Å². The molecule has 0 aromatic rings. The monoisotopic (exact) mass is 360 g/mol. The Bertz CT molecular complexity index is 682. The van der Waals surface area contributed by atoms with Crippen LogP contribution in [-0.4, -0.2) is 39.4 Å². The first-order valence-electron chi connectivity index (χ1n) is 10.1. The Hall–Kier alpha value is -0.970. The zero-order valence-corrected chi connectivity index (χ0v) is 16.1. The molecular weight excluding hydrogens is 328 g/mol. The fraction of sp³-hybridized carbons (Fsp3) is 0.773. The number of hydrogen-bond acceptors (Lipinski definition) is 4. The second kappa shape index (κ2) is 5.76. The van der Waals surface area contributed by atoms with Gasteiger partial charge in [0.05, 0.1) is 6.10 Å². The van der Waals surface area contributed by atoms with Crippen molar-refractivity contribution in [3.05, 3.63) is 23.8 Å². The van der Waals surface area contributed by atoms with Crippen LogP contribution in [0.2, 0.25) is 0 Å². The van der Waals surface area contributed by atoms with E-state index in [0.717, 1.165) is 19.3 Å². The lowest BCUT2D eigenvalue weighted by atomic mass is 9.45. The van der Waals surface area contributed by atoms with Crippen LogP contribution in [0.4, 0.5) is 0 Å². The quantitative estimate of drug-likeness (QED) is 0.662. The highest BCUT2D eigenvalue weighted by Gasteiger charge is 2.68. The smallest absolute Gasteiger partial charge is 0.190 e. The average Bonchev–Trinajstić information content (AvgIpc) is 2.86. The minimum atomic E-state index is -1.51. The van der Waals surface area contributed by atoms with E-state index in [1.54, 1.807) is 0 Å². The minimum absolute atomic E-state index is 0.131. The predicted molar refractivity (Wildman–Crippen MR) is 99.2 cm³/mol. The molecule has 4 aliphatic carbocycles. The molecule has 0 aliphatic heterocycles. The van der Waals surface area contributed by atoms with E-state index >= 15 is 0 Å². The number of aliphatic hydroxyl groups excluding tert-OH is 2. The van der Waals surface area contributed by atoms with E-state index in [4.69, 9.17) is 0 Å². The number of ketones is 1. The molecule has 0 aromatic carbocycles. The number of hydrogen-bond donors (Lipinski definition) is 3. The lowest BCUT2D eigenvalue weighted by Gasteiger charge is -2.61. The van der Waals surface area contributed by atoms with E-state index in [1.165, 1.54) is 5.57 Å². The summed E-state index contributed by atoms with van der Waals surface area (Å²) >= 11 is 0. The number of fused-ring (bicyclic) bond motifs is 5. The van der Waals surface area contributed by atoms with Crippen molar-refractivity contribution in [1.29, 1.82) is 0 Å². The van der Waals surface area contributed by atoms with E-state index in [9.17, 15) is 20.1 Å². The normalized spacial score (nSPS) is 52.7. The van der Waals surface area contributed by atoms with Gasteiger partial charge in [-0.1, -0.05) is 44.6 Å². The van der Waals surface area contributed by atoms with Gasteiger partial charge in [0.25, 0.3) is 0 Å². The first kappa shape index (κ1) is 18.4. The third kappa shape index (κ3) is 2.10. The Kier molecular flexibility index (Phi) is 4.08. The van der Waals surface area contributed by atoms with Gasteiger partial charge in [0, 0.05) is 16.7 Å². The number of allylic oxidation sites excluding steroid dienone is 4. The molecule has 4 nitrogen and oxygen atoms in total. The highest BCUT2D eigenvalue weighted by atomic mass is 16.3. The van der Waals surface area contributed by atoms with Crippen molar-refractivity contribution in [2.75, 3.05) is 6.61 Å². The molecule has 0 spiro atoms. The maximum absolute atomic E-state index is 12.4. The van der Waals surface area contributed by atoms with Crippen molar-refractivity contribution in [1.82, 2.24) is 0 Å². The molecule has 4 rings (SSSR count). The van der Waals surface area contributed by atoms with Crippen molar-refractivity contribution >= 4 is 5.78 Å². The van der Waals surface area contributed by atoms with Crippen LogP contribution in [0, 0.1) is 34.5 Å². The van der Waals surface area contributed by atoms with Gasteiger partial charge in [-0.3, -0.25) is 4.79 Å². The molecule has 3 fully saturated rings. The van der Waals surface area contributed by atoms with Gasteiger partial charge < -0.3 is 15.3 Å². The van der Waals surface area contributed by atoms with E-state index in [0.29, 0.717) is 18.8 Å². The maximum Gasteiger partial charge on any atom is 0.190 e. The van der Waals surface area contributed by atoms with Crippen LogP contribution in [0.1, 0.15) is 52.9 Å². The van der Waals surface area contributed by atoms with Gasteiger partial charge in [0.1, 0.15) is 12.2 Å². The van der Waals surface area contributed by atoms with Crippen molar-refractivity contribution in [3.63, 3.8) is 0 Å². The Morgan fingerprint density at radius 3 is 2.77 bits per heavy atom. The molecule has 4 heteroatoms. The predicted octanol–water partition coefficient (Wildman–Crippen LogP) is 2.62. The summed E-state index contributed by atoms with van der Waals surface area (Å²) in [4.78, 5) is 12.4. The van der Waals surface area contributed by atoms with Gasteiger partial charge in [-0.05, 0) is 49.9 Å². The summed E-state index contributed by atoms with van der Waals surface area (Å²) in [5.74, 6) is 0.576. The summed E-state index contributed by atoms with van der Waals surface area (Å²) in [5, 5.41) is 31.9. The first-order chi connectivity index (χ1) is 12.2. The molecule has 0 saturated heterocycles. The van der Waals surface area contributed by atoms with Gasteiger partial charge in [0.15, 0.2) is 5.78 Å². The van der Waals surface area contributed by atoms with Crippen molar-refractivity contribution in [2.24, 2.45) is 34.5 Å². The molecule has 4 aliphatic rings. The SMILES string of the molecule is C[C@H]1C[C@@H]2[C@H]([C@@H](O)C[C@@]3(C)[C@H]2CC[C@]3(O)C(=O)CO)[C@@]2(C)C=CCC=C12. The van der Waals surface area contributed by atoms with E-state index in [2.05, 4.69) is 32.1 Å². The van der Waals surface area contributed by atoms with Crippen molar-refractivity contribution in [3.8, 4) is 0 Å². The standard InChI is InChI=1S/C22H32O4/c1-13-10-14-16-7-9-22(26,18(25)12-23)21(16,3)11-17(24)19(14)20(2)8-5-4-6-15(13)20/h5-6,8,13-14,16-17,19,23-24,26H,4,7,9-12H2,1-3H3/t13-,14-,16-,17-,19+,20-,21-,22-/m0/s1. The first-order valence-corrected chi connectivity index (χ1v) is 10.1. The van der Waals surface area contributed by atoms with Crippen LogP contribution >= 0.6 is 0 Å². The van der Waals surface area contributed by atoms with Gasteiger partial charge in [-0.25, -0.2) is 0 Å². The highest BCUT2D eigenvalue weighted by molar-refractivity contribution is 5.89. The Morgan fingerprint density at radius 2 is 2.08 bits per heavy atom. The Labute approximate surface area is 156 Å². The molecule has 3 saturated carbocycles. The fourth-order valence-corrected chi connectivity index (χ4v) is 7.52. The Morgan fingerprint density at radius 1 is 1.35 bits per heavy atom. The molecule has 0 radical (unpaired) electrons. The molecule has 0 amide bonds. The lowest BCUT2D eigenvalue weighted by molar-refractivity contribution is -0.180. The van der Waals surface area contributed by atoms with Crippen LogP contribution in [0.15, 0.2) is 23.8 Å². The summed E-state index contributed by atoms with van der Waals surface area (Å²) < 4.78 is 0. The number of rotatable bonds is 2. The number of carbonyl (C=O) groups is 1. The molecule has 0 heterocycles. The average molecular weight is 360 g/mol. The summed E-state index contributed by atoms with van der Waals surface area (Å²) in [6, 6.07) is 0. The lowest BCUT2D eigenvalue weighted by Crippen LogP contribution is -2.62. The molecule has 0 unspecified atom stereocenters. The van der Waals surface area contributed by atoms with Gasteiger partial charge in [0.2, 0.25) is 0 Å². The molecule has 26 heavy (non-hydrogen) atoms. The topological polar surface area (TPSA) is 77.8 Å². The molecule has 0 aromatic heterocycles. The summed E-state index contributed by atoms with van der Waals surface area (Å²) in [7, 11) is 0. The van der Waals surface area contributed by atoms with Crippen molar-refractivity contribution in [2.45, 2.75) is 64.6 Å². The van der Waals surface area contributed by atoms with Crippen LogP contribution in [0.5, 0.6) is 0 Å². The number of carbonyl (C=O) groups excluding carboxylic acids is 1. The zero-order chi connectivity index (χ0) is 18.9. The third-order valence-electron chi connectivity index (χ3n) is 8.62. The summed E-state index contributed by atoms with van der Waals surface area (Å²) in [6.45, 7) is 5.87. The second-order valence-corrected chi connectivity index (χ2v) is 9.68. The highest BCUT2D eigenvalue weighted by Crippen LogP contribution is 2.67. The van der Waals surface area contributed by atoms with Crippen LogP contribution < -0.4 is 0 Å². The minimum Gasteiger partial charge on any atom is -0.393 e. The Balaban J connectivity index is 1.77. The number of Topliss-reactive ketones (excluding diaryl/α,β-unsaturated/α-hetero) is 1. The van der Waals surface area contributed by atoms with Crippen LogP contribution in [-0.2, 0) is 4.79 Å².